The molecular formula is C20H25N5O4. The molecule has 1 aromatic carbocycles. The number of para-hydroxylation sites is 1. The van der Waals surface area contributed by atoms with Crippen LogP contribution in [0.3, 0.4) is 0 Å². The van der Waals surface area contributed by atoms with Crippen molar-refractivity contribution in [3.8, 4) is 5.75 Å². The molecule has 2 heterocycles. The number of carbonyl (C=O) groups excluding carboxylic acids is 1. The van der Waals surface area contributed by atoms with Gasteiger partial charge in [0.25, 0.3) is 5.91 Å². The highest BCUT2D eigenvalue weighted by Crippen LogP contribution is 2.34. The fraction of sp³-hybridized carbons (Fsp3) is 0.350. The van der Waals surface area contributed by atoms with Gasteiger partial charge in [-0.3, -0.25) is 4.79 Å². The predicted molar refractivity (Wildman–Crippen MR) is 108 cm³/mol. The molecule has 9 heteroatoms. The zero-order valence-electron chi connectivity index (χ0n) is 17.1. The van der Waals surface area contributed by atoms with Gasteiger partial charge in [-0.2, -0.15) is 0 Å². The first kappa shape index (κ1) is 20.2. The lowest BCUT2D eigenvalue weighted by atomic mass is 10.0. The molecule has 0 radical (unpaired) electrons. The van der Waals surface area contributed by atoms with E-state index in [9.17, 15) is 9.90 Å². The second-order valence-corrected chi connectivity index (χ2v) is 7.30. The van der Waals surface area contributed by atoms with Crippen molar-refractivity contribution in [1.82, 2.24) is 15.2 Å². The number of nitrogens with zero attached hydrogens (tertiary/aromatic N) is 3. The quantitative estimate of drug-likeness (QED) is 0.512. The number of nitrogens with one attached hydrogen (secondary N) is 2. The third-order valence-corrected chi connectivity index (χ3v) is 4.44. The Bertz CT molecular complexity index is 992. The van der Waals surface area contributed by atoms with Crippen LogP contribution in [0.1, 0.15) is 41.8 Å². The van der Waals surface area contributed by atoms with Gasteiger partial charge >= 0.3 is 0 Å². The minimum absolute atomic E-state index is 0.161. The van der Waals surface area contributed by atoms with Gasteiger partial charge in [0.15, 0.2) is 5.75 Å². The summed E-state index contributed by atoms with van der Waals surface area (Å²) in [6.45, 7) is 5.99. The number of anilines is 3. The van der Waals surface area contributed by atoms with E-state index >= 15 is 0 Å². The van der Waals surface area contributed by atoms with Crippen LogP contribution in [0.5, 0.6) is 5.75 Å². The molecule has 0 aliphatic carbocycles. The molecule has 0 fully saturated rings. The van der Waals surface area contributed by atoms with Crippen molar-refractivity contribution in [2.75, 3.05) is 24.7 Å². The average Bonchev–Trinajstić information content (AvgIpc) is 3.29. The van der Waals surface area contributed by atoms with E-state index < -0.39 is 0 Å². The number of phenols is 1. The number of hydrogen-bond acceptors (Lipinski definition) is 8. The Morgan fingerprint density at radius 2 is 1.86 bits per heavy atom. The second kappa shape index (κ2) is 8.26. The van der Waals surface area contributed by atoms with Crippen molar-refractivity contribution >= 4 is 23.2 Å². The molecule has 29 heavy (non-hydrogen) atoms. The monoisotopic (exact) mass is 399 g/mol. The fourth-order valence-corrected chi connectivity index (χ4v) is 2.88. The molecular weight excluding hydrogens is 374 g/mol. The number of carbonyl (C=O) groups is 1. The third-order valence-electron chi connectivity index (χ3n) is 4.44. The van der Waals surface area contributed by atoms with Crippen LogP contribution in [-0.4, -0.2) is 40.3 Å². The SMILES string of the molecule is Cc1ccc([C@H](Nc2nonc2Nc2cccc(C(=O)N(C)C)c2O)C(C)C)o1. The number of amides is 1. The highest BCUT2D eigenvalue weighted by atomic mass is 16.6. The van der Waals surface area contributed by atoms with Crippen molar-refractivity contribution < 1.29 is 18.9 Å². The Morgan fingerprint density at radius 1 is 1.14 bits per heavy atom. The van der Waals surface area contributed by atoms with E-state index in [4.69, 9.17) is 9.05 Å². The van der Waals surface area contributed by atoms with E-state index in [1.165, 1.54) is 4.90 Å². The van der Waals surface area contributed by atoms with Gasteiger partial charge in [0.05, 0.1) is 17.3 Å². The van der Waals surface area contributed by atoms with Gasteiger partial charge in [0.2, 0.25) is 11.6 Å². The Balaban J connectivity index is 1.86. The summed E-state index contributed by atoms with van der Waals surface area (Å²) in [6.07, 6.45) is 0. The van der Waals surface area contributed by atoms with E-state index in [2.05, 4.69) is 34.8 Å². The summed E-state index contributed by atoms with van der Waals surface area (Å²) in [5.41, 5.74) is 0.489. The number of aryl methyl sites for hydroxylation is 1. The van der Waals surface area contributed by atoms with Crippen molar-refractivity contribution in [3.63, 3.8) is 0 Å². The molecule has 0 saturated carbocycles. The Labute approximate surface area is 168 Å². The van der Waals surface area contributed by atoms with E-state index in [0.717, 1.165) is 11.5 Å². The number of aromatic hydroxyl groups is 1. The lowest BCUT2D eigenvalue weighted by Gasteiger charge is -2.20. The van der Waals surface area contributed by atoms with E-state index in [0.29, 0.717) is 11.5 Å². The first-order valence-corrected chi connectivity index (χ1v) is 9.24. The summed E-state index contributed by atoms with van der Waals surface area (Å²) >= 11 is 0. The van der Waals surface area contributed by atoms with Crippen LogP contribution in [0.25, 0.3) is 0 Å². The van der Waals surface area contributed by atoms with Crippen LogP contribution in [0.15, 0.2) is 39.4 Å². The largest absolute Gasteiger partial charge is 0.505 e. The summed E-state index contributed by atoms with van der Waals surface area (Å²) in [7, 11) is 3.24. The molecule has 9 nitrogen and oxygen atoms in total. The topological polar surface area (TPSA) is 117 Å². The minimum Gasteiger partial charge on any atom is -0.505 e. The molecule has 0 bridgehead atoms. The molecule has 3 aromatic rings. The van der Waals surface area contributed by atoms with Gasteiger partial charge in [0.1, 0.15) is 11.5 Å². The standard InChI is InChI=1S/C20H25N5O4/c1-11(2)16(15-10-9-12(3)28-15)22-19-18(23-29-24-19)21-14-8-6-7-13(17(14)26)20(27)25(4)5/h6-11,16,26H,1-5H3,(H,21,23)(H,22,24)/t16-/m1/s1. The molecule has 1 amide bonds. The van der Waals surface area contributed by atoms with Gasteiger partial charge in [-0.15, -0.1) is 0 Å². The first-order valence-electron chi connectivity index (χ1n) is 9.24. The van der Waals surface area contributed by atoms with Crippen LogP contribution in [0, 0.1) is 12.8 Å². The molecule has 0 aliphatic heterocycles. The number of furan rings is 1. The molecule has 0 saturated heterocycles. The number of benzene rings is 1. The van der Waals surface area contributed by atoms with E-state index in [1.807, 2.05) is 19.1 Å². The van der Waals surface area contributed by atoms with Crippen LogP contribution in [0.2, 0.25) is 0 Å². The normalized spacial score (nSPS) is 12.1. The average molecular weight is 399 g/mol. The molecule has 0 unspecified atom stereocenters. The van der Waals surface area contributed by atoms with E-state index in [-0.39, 0.29) is 35.0 Å². The summed E-state index contributed by atoms with van der Waals surface area (Å²) in [6, 6.07) is 8.51. The van der Waals surface area contributed by atoms with Gasteiger partial charge < -0.3 is 25.1 Å². The molecule has 154 valence electrons. The highest BCUT2D eigenvalue weighted by molar-refractivity contribution is 5.98. The maximum absolute atomic E-state index is 12.2. The lowest BCUT2D eigenvalue weighted by Crippen LogP contribution is -2.21. The smallest absolute Gasteiger partial charge is 0.257 e. The molecule has 1 atom stereocenters. The first-order chi connectivity index (χ1) is 13.8. The zero-order valence-corrected chi connectivity index (χ0v) is 17.1. The summed E-state index contributed by atoms with van der Waals surface area (Å²) in [4.78, 5) is 13.6. The Kier molecular flexibility index (Phi) is 5.76. The summed E-state index contributed by atoms with van der Waals surface area (Å²) in [5.74, 6) is 1.94. The number of rotatable bonds is 7. The van der Waals surface area contributed by atoms with Crippen LogP contribution >= 0.6 is 0 Å². The molecule has 3 rings (SSSR count). The maximum atomic E-state index is 12.2. The van der Waals surface area contributed by atoms with Gasteiger partial charge in [-0.05, 0) is 47.4 Å². The van der Waals surface area contributed by atoms with Gasteiger partial charge in [-0.1, -0.05) is 19.9 Å². The van der Waals surface area contributed by atoms with Crippen LogP contribution in [-0.2, 0) is 0 Å². The van der Waals surface area contributed by atoms with Crippen LogP contribution in [0.4, 0.5) is 17.3 Å². The fourth-order valence-electron chi connectivity index (χ4n) is 2.88. The summed E-state index contributed by atoms with van der Waals surface area (Å²) < 4.78 is 10.6. The Hall–Kier alpha value is -3.49. The molecule has 0 aliphatic rings. The lowest BCUT2D eigenvalue weighted by molar-refractivity contribution is 0.0824. The van der Waals surface area contributed by atoms with Gasteiger partial charge in [-0.25, -0.2) is 4.63 Å². The van der Waals surface area contributed by atoms with Crippen molar-refractivity contribution in [2.24, 2.45) is 5.92 Å². The second-order valence-electron chi connectivity index (χ2n) is 7.30. The minimum atomic E-state index is -0.309. The van der Waals surface area contributed by atoms with Gasteiger partial charge in [0, 0.05) is 14.1 Å². The molecule has 3 N–H and O–H groups in total. The van der Waals surface area contributed by atoms with Crippen LogP contribution < -0.4 is 10.6 Å². The number of phenolic OH excluding ortho intramolecular Hbond substituents is 1. The zero-order chi connectivity index (χ0) is 21.1. The van der Waals surface area contributed by atoms with Crippen molar-refractivity contribution in [3.05, 3.63) is 47.4 Å². The van der Waals surface area contributed by atoms with Crippen molar-refractivity contribution in [2.45, 2.75) is 26.8 Å². The summed E-state index contributed by atoms with van der Waals surface area (Å²) in [5, 5.41) is 24.6. The predicted octanol–water partition coefficient (Wildman–Crippen LogP) is 3.93. The number of aromatic nitrogens is 2. The Morgan fingerprint density at radius 3 is 2.48 bits per heavy atom. The maximum Gasteiger partial charge on any atom is 0.257 e. The third kappa shape index (κ3) is 4.34. The molecule has 2 aromatic heterocycles. The molecule has 0 spiro atoms. The number of hydrogen-bond donors (Lipinski definition) is 3. The van der Waals surface area contributed by atoms with Crippen molar-refractivity contribution in [1.29, 1.82) is 0 Å². The van der Waals surface area contributed by atoms with E-state index in [1.54, 1.807) is 32.3 Å². The highest BCUT2D eigenvalue weighted by Gasteiger charge is 2.24.